The summed E-state index contributed by atoms with van der Waals surface area (Å²) in [6.07, 6.45) is 2.57. The van der Waals surface area contributed by atoms with Crippen LogP contribution in [-0.4, -0.2) is 26.4 Å². The molecule has 0 radical (unpaired) electrons. The Kier molecular flexibility index (Phi) is 4.98. The lowest BCUT2D eigenvalue weighted by Crippen LogP contribution is -2.35. The molecule has 0 unspecified atom stereocenters. The Morgan fingerprint density at radius 1 is 1.26 bits per heavy atom. The Balaban J connectivity index is 1.59. The van der Waals surface area contributed by atoms with Gasteiger partial charge in [0, 0.05) is 43.4 Å². The van der Waals surface area contributed by atoms with Gasteiger partial charge in [-0.25, -0.2) is 9.97 Å². The number of pyridine rings is 1. The van der Waals surface area contributed by atoms with Crippen molar-refractivity contribution in [3.8, 4) is 0 Å². The van der Waals surface area contributed by atoms with Crippen molar-refractivity contribution < 1.29 is 0 Å². The molecule has 27 heavy (non-hydrogen) atoms. The number of benzene rings is 1. The molecule has 1 aliphatic rings. The Morgan fingerprint density at radius 2 is 2.11 bits per heavy atom. The van der Waals surface area contributed by atoms with Gasteiger partial charge >= 0.3 is 0 Å². The maximum atomic E-state index is 12.5. The standard InChI is InChI=1S/C21H23ClN4O/c1-3-4-19-23-18-7-8-26(12-16(18)21(27)25-19)11-15-10-14-9-13(2)5-6-17(14)24-20(15)22/h5-6,9-10H,3-4,7-8,11-12H2,1-2H3,(H,23,25,27). The average Bonchev–Trinajstić information content (AvgIpc) is 2.63. The SMILES string of the molecule is CCCc1nc2c(c(=O)[nH]1)CN(Cc1cc3cc(C)ccc3nc1Cl)CC2. The summed E-state index contributed by atoms with van der Waals surface area (Å²) in [5.41, 5.74) is 4.81. The number of hydrogen-bond acceptors (Lipinski definition) is 4. The maximum absolute atomic E-state index is 12.5. The lowest BCUT2D eigenvalue weighted by atomic mass is 10.1. The molecule has 1 aliphatic heterocycles. The van der Waals surface area contributed by atoms with Gasteiger partial charge in [0.25, 0.3) is 5.56 Å². The first-order valence-corrected chi connectivity index (χ1v) is 9.80. The molecule has 0 amide bonds. The molecular weight excluding hydrogens is 360 g/mol. The third kappa shape index (κ3) is 3.75. The summed E-state index contributed by atoms with van der Waals surface area (Å²) in [5, 5.41) is 1.62. The van der Waals surface area contributed by atoms with Crippen molar-refractivity contribution in [2.24, 2.45) is 0 Å². The van der Waals surface area contributed by atoms with E-state index in [4.69, 9.17) is 11.6 Å². The number of rotatable bonds is 4. The van der Waals surface area contributed by atoms with E-state index < -0.39 is 0 Å². The first-order valence-electron chi connectivity index (χ1n) is 9.42. The zero-order chi connectivity index (χ0) is 19.0. The summed E-state index contributed by atoms with van der Waals surface area (Å²) in [6.45, 7) is 6.28. The quantitative estimate of drug-likeness (QED) is 0.697. The van der Waals surface area contributed by atoms with Gasteiger partial charge < -0.3 is 4.98 Å². The minimum absolute atomic E-state index is 0.00786. The number of fused-ring (bicyclic) bond motifs is 2. The highest BCUT2D eigenvalue weighted by Crippen LogP contribution is 2.24. The molecule has 0 bridgehead atoms. The molecule has 0 atom stereocenters. The van der Waals surface area contributed by atoms with Gasteiger partial charge in [-0.15, -0.1) is 0 Å². The van der Waals surface area contributed by atoms with Gasteiger partial charge in [0.05, 0.1) is 16.8 Å². The van der Waals surface area contributed by atoms with Gasteiger partial charge in [0.15, 0.2) is 0 Å². The molecule has 2 aromatic heterocycles. The molecule has 1 aromatic carbocycles. The largest absolute Gasteiger partial charge is 0.310 e. The molecule has 140 valence electrons. The van der Waals surface area contributed by atoms with Gasteiger partial charge in [0.1, 0.15) is 11.0 Å². The molecule has 0 fully saturated rings. The Labute approximate surface area is 163 Å². The van der Waals surface area contributed by atoms with E-state index in [1.807, 2.05) is 12.1 Å². The number of nitrogens with one attached hydrogen (secondary N) is 1. The first kappa shape index (κ1) is 18.1. The molecule has 0 aliphatic carbocycles. The summed E-state index contributed by atoms with van der Waals surface area (Å²) in [6, 6.07) is 8.27. The zero-order valence-electron chi connectivity index (χ0n) is 15.7. The fraction of sp³-hybridized carbons (Fsp3) is 0.381. The molecule has 3 heterocycles. The number of halogens is 1. The molecule has 4 rings (SSSR count). The first-order chi connectivity index (χ1) is 13.0. The molecule has 3 aromatic rings. The summed E-state index contributed by atoms with van der Waals surface area (Å²) in [4.78, 5) is 26.8. The number of hydrogen-bond donors (Lipinski definition) is 1. The van der Waals surface area contributed by atoms with Crippen LogP contribution in [0.2, 0.25) is 5.15 Å². The van der Waals surface area contributed by atoms with Crippen molar-refractivity contribution in [3.63, 3.8) is 0 Å². The van der Waals surface area contributed by atoms with Crippen LogP contribution in [0.3, 0.4) is 0 Å². The van der Waals surface area contributed by atoms with Crippen molar-refractivity contribution in [1.29, 1.82) is 0 Å². The normalized spacial score (nSPS) is 14.5. The van der Waals surface area contributed by atoms with Gasteiger partial charge in [-0.05, 0) is 31.5 Å². The van der Waals surface area contributed by atoms with Crippen LogP contribution < -0.4 is 5.56 Å². The van der Waals surface area contributed by atoms with Crippen molar-refractivity contribution in [2.75, 3.05) is 6.54 Å². The smallest absolute Gasteiger partial charge is 0.255 e. The fourth-order valence-corrected chi connectivity index (χ4v) is 3.90. The van der Waals surface area contributed by atoms with E-state index in [0.29, 0.717) is 18.2 Å². The van der Waals surface area contributed by atoms with Crippen LogP contribution in [0.5, 0.6) is 0 Å². The van der Waals surface area contributed by atoms with Gasteiger partial charge in [-0.1, -0.05) is 30.2 Å². The molecule has 5 nitrogen and oxygen atoms in total. The van der Waals surface area contributed by atoms with Crippen LogP contribution in [0.1, 0.15) is 41.6 Å². The maximum Gasteiger partial charge on any atom is 0.255 e. The molecule has 1 N–H and O–H groups in total. The summed E-state index contributed by atoms with van der Waals surface area (Å²) < 4.78 is 0. The highest BCUT2D eigenvalue weighted by atomic mass is 35.5. The number of aryl methyl sites for hydroxylation is 2. The predicted octanol–water partition coefficient (Wildman–Crippen LogP) is 3.79. The molecule has 0 spiro atoms. The third-order valence-electron chi connectivity index (χ3n) is 5.07. The van der Waals surface area contributed by atoms with Crippen molar-refractivity contribution in [2.45, 2.75) is 46.2 Å². The number of nitrogens with zero attached hydrogens (tertiary/aromatic N) is 3. The van der Waals surface area contributed by atoms with E-state index in [1.54, 1.807) is 0 Å². The van der Waals surface area contributed by atoms with E-state index in [9.17, 15) is 4.79 Å². The topological polar surface area (TPSA) is 61.9 Å². The highest BCUT2D eigenvalue weighted by molar-refractivity contribution is 6.30. The molecule has 6 heteroatoms. The lowest BCUT2D eigenvalue weighted by Gasteiger charge is -2.28. The Morgan fingerprint density at radius 3 is 2.93 bits per heavy atom. The van der Waals surface area contributed by atoms with Gasteiger partial charge in [0.2, 0.25) is 0 Å². The van der Waals surface area contributed by atoms with Crippen molar-refractivity contribution in [1.82, 2.24) is 19.9 Å². The zero-order valence-corrected chi connectivity index (χ0v) is 16.4. The number of aromatic amines is 1. The molecule has 0 saturated heterocycles. The van der Waals surface area contributed by atoms with E-state index in [1.165, 1.54) is 5.56 Å². The van der Waals surface area contributed by atoms with E-state index in [2.05, 4.69) is 45.8 Å². The highest BCUT2D eigenvalue weighted by Gasteiger charge is 2.22. The van der Waals surface area contributed by atoms with E-state index in [-0.39, 0.29) is 5.56 Å². The second-order valence-corrected chi connectivity index (χ2v) is 7.64. The van der Waals surface area contributed by atoms with Crippen molar-refractivity contribution in [3.05, 3.63) is 68.0 Å². The molecular formula is C21H23ClN4O. The van der Waals surface area contributed by atoms with Crippen LogP contribution in [0.4, 0.5) is 0 Å². The number of H-pyrrole nitrogens is 1. The second-order valence-electron chi connectivity index (χ2n) is 7.28. The Hall–Kier alpha value is -2.24. The summed E-state index contributed by atoms with van der Waals surface area (Å²) in [5.74, 6) is 0.798. The third-order valence-corrected chi connectivity index (χ3v) is 5.40. The average molecular weight is 383 g/mol. The van der Waals surface area contributed by atoms with Crippen LogP contribution in [0, 0.1) is 6.92 Å². The minimum atomic E-state index is -0.00786. The molecule has 0 saturated carbocycles. The lowest BCUT2D eigenvalue weighted by molar-refractivity contribution is 0.241. The number of aromatic nitrogens is 3. The fourth-order valence-electron chi connectivity index (χ4n) is 3.69. The van der Waals surface area contributed by atoms with E-state index in [0.717, 1.165) is 59.4 Å². The second kappa shape index (κ2) is 7.41. The monoisotopic (exact) mass is 382 g/mol. The van der Waals surface area contributed by atoms with E-state index >= 15 is 0 Å². The van der Waals surface area contributed by atoms with Crippen LogP contribution in [0.15, 0.2) is 29.1 Å². The van der Waals surface area contributed by atoms with Gasteiger partial charge in [-0.3, -0.25) is 9.69 Å². The van der Waals surface area contributed by atoms with Crippen LogP contribution in [0.25, 0.3) is 10.9 Å². The van der Waals surface area contributed by atoms with Crippen LogP contribution in [-0.2, 0) is 25.9 Å². The summed E-state index contributed by atoms with van der Waals surface area (Å²) >= 11 is 6.43. The summed E-state index contributed by atoms with van der Waals surface area (Å²) in [7, 11) is 0. The Bertz CT molecular complexity index is 1060. The van der Waals surface area contributed by atoms with Crippen LogP contribution >= 0.6 is 11.6 Å². The predicted molar refractivity (Wildman–Crippen MR) is 108 cm³/mol. The minimum Gasteiger partial charge on any atom is -0.310 e. The van der Waals surface area contributed by atoms with Gasteiger partial charge in [-0.2, -0.15) is 0 Å². The van der Waals surface area contributed by atoms with Crippen molar-refractivity contribution >= 4 is 22.5 Å².